The van der Waals surface area contributed by atoms with Crippen molar-refractivity contribution in [1.29, 1.82) is 0 Å². The van der Waals surface area contributed by atoms with Crippen molar-refractivity contribution in [3.8, 4) is 0 Å². The molecule has 0 fully saturated rings. The van der Waals surface area contributed by atoms with Crippen molar-refractivity contribution in [2.45, 2.75) is 19.8 Å². The van der Waals surface area contributed by atoms with Crippen molar-refractivity contribution >= 4 is 5.97 Å². The first-order valence-electron chi connectivity index (χ1n) is 4.97. The van der Waals surface area contributed by atoms with Gasteiger partial charge in [-0.15, -0.1) is 0 Å². The largest absolute Gasteiger partial charge is 0.481 e. The van der Waals surface area contributed by atoms with Gasteiger partial charge in [0.05, 0.1) is 5.41 Å². The third-order valence-corrected chi connectivity index (χ3v) is 2.81. The molecule has 0 aliphatic carbocycles. The average Bonchev–Trinajstić information content (AvgIpc) is 2.27. The molecule has 0 radical (unpaired) electrons. The van der Waals surface area contributed by atoms with Gasteiger partial charge in [-0.2, -0.15) is 0 Å². The Kier molecular flexibility index (Phi) is 3.80. The van der Waals surface area contributed by atoms with Crippen LogP contribution in [0.4, 0.5) is 0 Å². The van der Waals surface area contributed by atoms with Crippen LogP contribution >= 0.6 is 0 Å². The summed E-state index contributed by atoms with van der Waals surface area (Å²) in [5.41, 5.74) is 5.68. The zero-order chi connectivity index (χ0) is 11.3. The van der Waals surface area contributed by atoms with E-state index in [0.717, 1.165) is 5.56 Å². The highest BCUT2D eigenvalue weighted by molar-refractivity contribution is 5.75. The molecule has 1 atom stereocenters. The predicted molar refractivity (Wildman–Crippen MR) is 57.4 cm³/mol. The summed E-state index contributed by atoms with van der Waals surface area (Å²) in [7, 11) is 0. The van der Waals surface area contributed by atoms with E-state index in [1.54, 1.807) is 12.4 Å². The number of nitrogens with two attached hydrogens (primary N) is 1. The molecule has 0 saturated heterocycles. The fraction of sp³-hybridized carbons (Fsp3) is 0.455. The molecule has 4 nitrogen and oxygen atoms in total. The maximum atomic E-state index is 11.2. The third-order valence-electron chi connectivity index (χ3n) is 2.81. The van der Waals surface area contributed by atoms with Crippen LogP contribution in [-0.4, -0.2) is 22.6 Å². The van der Waals surface area contributed by atoms with Gasteiger partial charge in [-0.25, -0.2) is 0 Å². The Bertz CT molecular complexity index is 321. The Balaban J connectivity index is 2.89. The Morgan fingerprint density at radius 2 is 2.13 bits per heavy atom. The lowest BCUT2D eigenvalue weighted by Crippen LogP contribution is -2.40. The maximum absolute atomic E-state index is 11.2. The number of aromatic nitrogens is 1. The molecule has 0 bridgehead atoms. The lowest BCUT2D eigenvalue weighted by atomic mass is 9.79. The molecule has 0 aromatic carbocycles. The highest BCUT2D eigenvalue weighted by Gasteiger charge is 2.35. The van der Waals surface area contributed by atoms with Gasteiger partial charge >= 0.3 is 5.97 Å². The summed E-state index contributed by atoms with van der Waals surface area (Å²) in [5, 5.41) is 9.19. The Morgan fingerprint density at radius 3 is 2.53 bits per heavy atom. The monoisotopic (exact) mass is 208 g/mol. The van der Waals surface area contributed by atoms with Crippen molar-refractivity contribution in [3.63, 3.8) is 0 Å². The second kappa shape index (κ2) is 4.89. The number of carboxylic acid groups (broad SMARTS) is 1. The summed E-state index contributed by atoms with van der Waals surface area (Å²) in [6, 6.07) is 3.64. The topological polar surface area (TPSA) is 76.2 Å². The Hall–Kier alpha value is -1.42. The van der Waals surface area contributed by atoms with Gasteiger partial charge in [0.25, 0.3) is 0 Å². The zero-order valence-corrected chi connectivity index (χ0v) is 8.81. The first kappa shape index (κ1) is 11.7. The minimum absolute atomic E-state index is 0.154. The number of carboxylic acids is 1. The summed E-state index contributed by atoms with van der Waals surface area (Å²) >= 11 is 0. The lowest BCUT2D eigenvalue weighted by Gasteiger charge is -2.26. The minimum atomic E-state index is -0.846. The fourth-order valence-corrected chi connectivity index (χ4v) is 1.55. The minimum Gasteiger partial charge on any atom is -0.481 e. The van der Waals surface area contributed by atoms with Gasteiger partial charge in [0.2, 0.25) is 0 Å². The molecule has 0 spiro atoms. The van der Waals surface area contributed by atoms with Crippen molar-refractivity contribution in [2.24, 2.45) is 11.1 Å². The summed E-state index contributed by atoms with van der Waals surface area (Å²) < 4.78 is 0. The van der Waals surface area contributed by atoms with E-state index in [2.05, 4.69) is 4.98 Å². The van der Waals surface area contributed by atoms with Gasteiger partial charge in [-0.05, 0) is 30.5 Å². The van der Waals surface area contributed by atoms with E-state index in [4.69, 9.17) is 5.73 Å². The van der Waals surface area contributed by atoms with Crippen LogP contribution in [0.15, 0.2) is 24.5 Å². The number of hydrogen-bond donors (Lipinski definition) is 2. The standard InChI is InChI=1S/C11H16N2O2/c1-2-11(8-12,10(14)15)7-9-3-5-13-6-4-9/h3-6H,2,7-8,12H2,1H3,(H,14,15). The summed E-state index contributed by atoms with van der Waals surface area (Å²) in [6.07, 6.45) is 4.31. The molecule has 3 N–H and O–H groups in total. The molecule has 0 aliphatic heterocycles. The summed E-state index contributed by atoms with van der Waals surface area (Å²) in [4.78, 5) is 15.1. The third kappa shape index (κ3) is 2.53. The van der Waals surface area contributed by atoms with E-state index < -0.39 is 11.4 Å². The first-order valence-corrected chi connectivity index (χ1v) is 4.97. The Morgan fingerprint density at radius 1 is 1.53 bits per heavy atom. The van der Waals surface area contributed by atoms with Crippen LogP contribution in [0.2, 0.25) is 0 Å². The van der Waals surface area contributed by atoms with Crippen LogP contribution in [0.25, 0.3) is 0 Å². The van der Waals surface area contributed by atoms with Crippen LogP contribution in [0.1, 0.15) is 18.9 Å². The fourth-order valence-electron chi connectivity index (χ4n) is 1.55. The van der Waals surface area contributed by atoms with Crippen molar-refractivity contribution < 1.29 is 9.90 Å². The number of hydrogen-bond acceptors (Lipinski definition) is 3. The molecule has 4 heteroatoms. The van der Waals surface area contributed by atoms with Crippen LogP contribution in [0, 0.1) is 5.41 Å². The molecular formula is C11H16N2O2. The molecule has 1 rings (SSSR count). The lowest BCUT2D eigenvalue weighted by molar-refractivity contribution is -0.148. The highest BCUT2D eigenvalue weighted by atomic mass is 16.4. The number of aliphatic carboxylic acids is 1. The van der Waals surface area contributed by atoms with Crippen molar-refractivity contribution in [3.05, 3.63) is 30.1 Å². The van der Waals surface area contributed by atoms with Gasteiger partial charge < -0.3 is 10.8 Å². The normalized spacial score (nSPS) is 14.5. The predicted octanol–water partition coefficient (Wildman–Crippen LogP) is 1.06. The molecule has 0 saturated carbocycles. The van der Waals surface area contributed by atoms with E-state index in [9.17, 15) is 9.90 Å². The summed E-state index contributed by atoms with van der Waals surface area (Å²) in [5.74, 6) is -0.829. The van der Waals surface area contributed by atoms with E-state index in [-0.39, 0.29) is 6.54 Å². The van der Waals surface area contributed by atoms with Crippen molar-refractivity contribution in [2.75, 3.05) is 6.54 Å². The maximum Gasteiger partial charge on any atom is 0.311 e. The molecule has 1 unspecified atom stereocenters. The Labute approximate surface area is 89.1 Å². The van der Waals surface area contributed by atoms with Crippen LogP contribution in [0.3, 0.4) is 0 Å². The zero-order valence-electron chi connectivity index (χ0n) is 8.81. The van der Waals surface area contributed by atoms with Gasteiger partial charge in [0.15, 0.2) is 0 Å². The van der Waals surface area contributed by atoms with Crippen LogP contribution in [0.5, 0.6) is 0 Å². The molecule has 15 heavy (non-hydrogen) atoms. The van der Waals surface area contributed by atoms with Crippen LogP contribution < -0.4 is 5.73 Å². The number of carbonyl (C=O) groups is 1. The van der Waals surface area contributed by atoms with E-state index in [1.807, 2.05) is 19.1 Å². The summed E-state index contributed by atoms with van der Waals surface area (Å²) in [6.45, 7) is 2.00. The quantitative estimate of drug-likeness (QED) is 0.758. The first-order chi connectivity index (χ1) is 7.14. The molecule has 0 amide bonds. The average molecular weight is 208 g/mol. The highest BCUT2D eigenvalue weighted by Crippen LogP contribution is 2.26. The van der Waals surface area contributed by atoms with Gasteiger partial charge in [0, 0.05) is 18.9 Å². The molecular weight excluding hydrogens is 192 g/mol. The number of nitrogens with zero attached hydrogens (tertiary/aromatic N) is 1. The van der Waals surface area contributed by atoms with Crippen molar-refractivity contribution in [1.82, 2.24) is 4.98 Å². The van der Waals surface area contributed by atoms with E-state index >= 15 is 0 Å². The molecule has 1 aromatic rings. The SMILES string of the molecule is CCC(CN)(Cc1ccncc1)C(=O)O. The number of rotatable bonds is 5. The van der Waals surface area contributed by atoms with Gasteiger partial charge in [-0.1, -0.05) is 6.92 Å². The second-order valence-electron chi connectivity index (χ2n) is 3.68. The molecule has 1 aromatic heterocycles. The molecule has 82 valence electrons. The van der Waals surface area contributed by atoms with Crippen LogP contribution in [-0.2, 0) is 11.2 Å². The van der Waals surface area contributed by atoms with Gasteiger partial charge in [-0.3, -0.25) is 9.78 Å². The van der Waals surface area contributed by atoms with Gasteiger partial charge in [0.1, 0.15) is 0 Å². The van der Waals surface area contributed by atoms with E-state index in [0.29, 0.717) is 12.8 Å². The second-order valence-corrected chi connectivity index (χ2v) is 3.68. The van der Waals surface area contributed by atoms with E-state index in [1.165, 1.54) is 0 Å². The molecule has 1 heterocycles. The number of pyridine rings is 1. The molecule has 0 aliphatic rings. The smallest absolute Gasteiger partial charge is 0.311 e.